The van der Waals surface area contributed by atoms with Crippen LogP contribution < -0.4 is 0 Å². The summed E-state index contributed by atoms with van der Waals surface area (Å²) in [6, 6.07) is 0. The Kier molecular flexibility index (Phi) is 5.29. The maximum absolute atomic E-state index is 12.1. The van der Waals surface area contributed by atoms with E-state index in [2.05, 4.69) is 0 Å². The van der Waals surface area contributed by atoms with Crippen molar-refractivity contribution in [3.8, 4) is 0 Å². The highest BCUT2D eigenvalue weighted by atomic mass is 19.3. The number of aliphatic hydroxyl groups excluding tert-OH is 1. The van der Waals surface area contributed by atoms with E-state index in [0.717, 1.165) is 13.8 Å². The zero-order chi connectivity index (χ0) is 12.9. The summed E-state index contributed by atoms with van der Waals surface area (Å²) in [5.41, 5.74) is -1.77. The Morgan fingerprint density at radius 2 is 1.88 bits per heavy atom. The van der Waals surface area contributed by atoms with E-state index in [0.29, 0.717) is 4.90 Å². The van der Waals surface area contributed by atoms with Crippen molar-refractivity contribution in [2.24, 2.45) is 5.41 Å². The van der Waals surface area contributed by atoms with Gasteiger partial charge in [0.2, 0.25) is 5.91 Å². The number of hydrogen-bond donors (Lipinski definition) is 2. The Morgan fingerprint density at radius 1 is 1.38 bits per heavy atom. The van der Waals surface area contributed by atoms with Crippen molar-refractivity contribution in [3.63, 3.8) is 0 Å². The van der Waals surface area contributed by atoms with Crippen molar-refractivity contribution in [2.45, 2.75) is 20.3 Å². The molecule has 7 heteroatoms. The van der Waals surface area contributed by atoms with Gasteiger partial charge in [-0.2, -0.15) is 0 Å². The number of alkyl halides is 2. The predicted octanol–water partition coefficient (Wildman–Crippen LogP) is 0.183. The molecule has 0 heterocycles. The first-order chi connectivity index (χ1) is 7.23. The molecule has 94 valence electrons. The van der Waals surface area contributed by atoms with Crippen LogP contribution in [0.4, 0.5) is 8.78 Å². The summed E-state index contributed by atoms with van der Waals surface area (Å²) in [7, 11) is 0. The highest BCUT2D eigenvalue weighted by Gasteiger charge is 2.39. The molecule has 2 N–H and O–H groups in total. The first-order valence-electron chi connectivity index (χ1n) is 4.65. The summed E-state index contributed by atoms with van der Waals surface area (Å²) < 4.78 is 24.3. The molecule has 0 atom stereocenters. The number of rotatable bonds is 6. The second-order valence-electron chi connectivity index (χ2n) is 3.80. The third-order valence-electron chi connectivity index (χ3n) is 2.08. The van der Waals surface area contributed by atoms with E-state index in [-0.39, 0.29) is 6.54 Å². The van der Waals surface area contributed by atoms with Crippen LogP contribution in [0, 0.1) is 5.41 Å². The Balaban J connectivity index is 4.79. The zero-order valence-corrected chi connectivity index (χ0v) is 9.11. The third-order valence-corrected chi connectivity index (χ3v) is 2.08. The van der Waals surface area contributed by atoms with Crippen LogP contribution in [-0.2, 0) is 9.59 Å². The molecule has 0 spiro atoms. The van der Waals surface area contributed by atoms with Crippen molar-refractivity contribution in [3.05, 3.63) is 0 Å². The number of nitrogens with zero attached hydrogens (tertiary/aromatic N) is 1. The number of aliphatic carboxylic acids is 1. The molecule has 1 amide bonds. The lowest BCUT2D eigenvalue weighted by atomic mass is 9.92. The largest absolute Gasteiger partial charge is 0.480 e. The molecule has 0 aromatic heterocycles. The van der Waals surface area contributed by atoms with Gasteiger partial charge in [-0.3, -0.25) is 9.59 Å². The third kappa shape index (κ3) is 3.73. The molecule has 0 fully saturated rings. The minimum Gasteiger partial charge on any atom is -0.480 e. The van der Waals surface area contributed by atoms with Crippen molar-refractivity contribution in [1.82, 2.24) is 4.90 Å². The lowest BCUT2D eigenvalue weighted by molar-refractivity contribution is -0.159. The number of aliphatic hydroxyl groups is 1. The van der Waals surface area contributed by atoms with Crippen LogP contribution >= 0.6 is 0 Å². The van der Waals surface area contributed by atoms with Gasteiger partial charge >= 0.3 is 5.97 Å². The van der Waals surface area contributed by atoms with Gasteiger partial charge in [-0.1, -0.05) is 0 Å². The van der Waals surface area contributed by atoms with Gasteiger partial charge in [-0.25, -0.2) is 8.78 Å². The molecule has 0 aromatic rings. The second kappa shape index (κ2) is 5.74. The van der Waals surface area contributed by atoms with Gasteiger partial charge in [0.15, 0.2) is 0 Å². The number of carboxylic acid groups (broad SMARTS) is 1. The summed E-state index contributed by atoms with van der Waals surface area (Å²) in [5.74, 6) is -2.33. The summed E-state index contributed by atoms with van der Waals surface area (Å²) in [4.78, 5) is 23.0. The van der Waals surface area contributed by atoms with Crippen molar-refractivity contribution in [1.29, 1.82) is 0 Å². The van der Waals surface area contributed by atoms with Crippen LogP contribution in [0.25, 0.3) is 0 Å². The van der Waals surface area contributed by atoms with Gasteiger partial charge in [0.25, 0.3) is 6.43 Å². The minimum absolute atomic E-state index is 0.306. The van der Waals surface area contributed by atoms with Crippen LogP contribution in [0.1, 0.15) is 13.8 Å². The maximum Gasteiger partial charge on any atom is 0.318 e. The summed E-state index contributed by atoms with van der Waals surface area (Å²) in [6.07, 6.45) is -2.76. The number of halogens is 2. The molecule has 16 heavy (non-hydrogen) atoms. The number of carboxylic acids is 1. The standard InChI is InChI=1S/C9H15F2NO4/c1-9(2,8(15)16)7(14)12(3-4-13)5-6(10)11/h6,13H,3-5H2,1-2H3,(H,15,16). The average molecular weight is 239 g/mol. The highest BCUT2D eigenvalue weighted by molar-refractivity contribution is 6.00. The fraction of sp³-hybridized carbons (Fsp3) is 0.778. The fourth-order valence-electron chi connectivity index (χ4n) is 1.05. The summed E-state index contributed by atoms with van der Waals surface area (Å²) in [6.45, 7) is 0.588. The number of hydrogen-bond acceptors (Lipinski definition) is 3. The number of carbonyl (C=O) groups is 2. The van der Waals surface area contributed by atoms with Crippen LogP contribution in [0.15, 0.2) is 0 Å². The van der Waals surface area contributed by atoms with E-state index < -0.39 is 36.9 Å². The van der Waals surface area contributed by atoms with Crippen LogP contribution in [0.3, 0.4) is 0 Å². The summed E-state index contributed by atoms with van der Waals surface area (Å²) in [5, 5.41) is 17.4. The lowest BCUT2D eigenvalue weighted by Gasteiger charge is -2.28. The molecule has 0 aromatic carbocycles. The Morgan fingerprint density at radius 3 is 2.19 bits per heavy atom. The van der Waals surface area contributed by atoms with Crippen molar-refractivity contribution >= 4 is 11.9 Å². The van der Waals surface area contributed by atoms with Crippen LogP contribution in [0.2, 0.25) is 0 Å². The van der Waals surface area contributed by atoms with E-state index in [4.69, 9.17) is 10.2 Å². The SMILES string of the molecule is CC(C)(C(=O)O)C(=O)N(CCO)CC(F)F. The molecule has 0 rings (SSSR count). The van der Waals surface area contributed by atoms with Gasteiger partial charge in [0, 0.05) is 6.54 Å². The highest BCUT2D eigenvalue weighted by Crippen LogP contribution is 2.19. The van der Waals surface area contributed by atoms with Crippen molar-refractivity contribution in [2.75, 3.05) is 19.7 Å². The van der Waals surface area contributed by atoms with Crippen molar-refractivity contribution < 1.29 is 28.6 Å². The van der Waals surface area contributed by atoms with Gasteiger partial charge in [-0.05, 0) is 13.8 Å². The van der Waals surface area contributed by atoms with Gasteiger partial charge in [0.1, 0.15) is 5.41 Å². The first-order valence-corrected chi connectivity index (χ1v) is 4.65. The molecule has 0 aliphatic carbocycles. The fourth-order valence-corrected chi connectivity index (χ4v) is 1.05. The first kappa shape index (κ1) is 14.8. The maximum atomic E-state index is 12.1. The number of carbonyl (C=O) groups excluding carboxylic acids is 1. The van der Waals surface area contributed by atoms with E-state index >= 15 is 0 Å². The zero-order valence-electron chi connectivity index (χ0n) is 9.11. The minimum atomic E-state index is -2.76. The molecule has 5 nitrogen and oxygen atoms in total. The smallest absolute Gasteiger partial charge is 0.318 e. The molecule has 0 radical (unpaired) electrons. The van der Waals surface area contributed by atoms with Gasteiger partial charge in [-0.15, -0.1) is 0 Å². The molecule has 0 bridgehead atoms. The Labute approximate surface area is 91.7 Å². The van der Waals surface area contributed by atoms with Crippen LogP contribution in [0.5, 0.6) is 0 Å². The van der Waals surface area contributed by atoms with Crippen LogP contribution in [-0.4, -0.2) is 53.1 Å². The second-order valence-corrected chi connectivity index (χ2v) is 3.80. The van der Waals surface area contributed by atoms with E-state index in [1.165, 1.54) is 0 Å². The number of amides is 1. The van der Waals surface area contributed by atoms with Gasteiger partial charge in [0.05, 0.1) is 13.2 Å². The van der Waals surface area contributed by atoms with Gasteiger partial charge < -0.3 is 15.1 Å². The molecular formula is C9H15F2NO4. The predicted molar refractivity (Wildman–Crippen MR) is 51.1 cm³/mol. The molecule has 0 unspecified atom stereocenters. The van der Waals surface area contributed by atoms with E-state index in [1.54, 1.807) is 0 Å². The molecule has 0 aliphatic rings. The molecular weight excluding hydrogens is 224 g/mol. The Bertz CT molecular complexity index is 268. The normalized spacial score (nSPS) is 11.6. The lowest BCUT2D eigenvalue weighted by Crippen LogP contribution is -2.47. The molecule has 0 aliphatic heterocycles. The summed E-state index contributed by atoms with van der Waals surface area (Å²) >= 11 is 0. The topological polar surface area (TPSA) is 77.8 Å². The monoisotopic (exact) mass is 239 g/mol. The Hall–Kier alpha value is -1.24. The average Bonchev–Trinajstić information content (AvgIpc) is 2.15. The van der Waals surface area contributed by atoms with E-state index in [9.17, 15) is 18.4 Å². The molecule has 0 saturated carbocycles. The molecule has 0 saturated heterocycles. The van der Waals surface area contributed by atoms with E-state index in [1.807, 2.05) is 0 Å². The quantitative estimate of drug-likeness (QED) is 0.648.